The van der Waals surface area contributed by atoms with Gasteiger partial charge in [-0.15, -0.1) is 0 Å². The summed E-state index contributed by atoms with van der Waals surface area (Å²) < 4.78 is 40.9. The van der Waals surface area contributed by atoms with Crippen LogP contribution in [0.5, 0.6) is 0 Å². The summed E-state index contributed by atoms with van der Waals surface area (Å²) in [5.74, 6) is -2.29. The molecule has 2 aromatic rings. The predicted molar refractivity (Wildman–Crippen MR) is 138 cm³/mol. The van der Waals surface area contributed by atoms with Gasteiger partial charge in [-0.25, -0.2) is 18.4 Å². The molecule has 40 heavy (non-hydrogen) atoms. The Bertz CT molecular complexity index is 1380. The van der Waals surface area contributed by atoms with Crippen molar-refractivity contribution in [1.82, 2.24) is 15.2 Å². The number of anilines is 1. The van der Waals surface area contributed by atoms with Crippen LogP contribution in [0.1, 0.15) is 33.4 Å². The lowest BCUT2D eigenvalue weighted by molar-refractivity contribution is -0.119. The van der Waals surface area contributed by atoms with Gasteiger partial charge in [0.05, 0.1) is 36.1 Å². The third-order valence-corrected chi connectivity index (χ3v) is 7.48. The number of nitrogens with one attached hydrogen (secondary N) is 1. The number of carbonyl (C=O) groups excluding carboxylic acids is 3. The minimum Gasteiger partial charge on any atom is -0.444 e. The van der Waals surface area contributed by atoms with Crippen molar-refractivity contribution in [3.8, 4) is 17.2 Å². The number of nitrogens with zero attached hydrogens (tertiary/aromatic N) is 4. The molecule has 1 aromatic heterocycles. The smallest absolute Gasteiger partial charge is 0.414 e. The van der Waals surface area contributed by atoms with E-state index < -0.39 is 40.9 Å². The van der Waals surface area contributed by atoms with Crippen molar-refractivity contribution >= 4 is 23.8 Å². The average Bonchev–Trinajstić information content (AvgIpc) is 3.15. The van der Waals surface area contributed by atoms with Gasteiger partial charge >= 0.3 is 12.2 Å². The Balaban J connectivity index is 1.30. The topological polar surface area (TPSA) is 125 Å². The number of aromatic nitrogens is 1. The van der Waals surface area contributed by atoms with Gasteiger partial charge in [0.2, 0.25) is 5.91 Å². The highest BCUT2D eigenvalue weighted by Crippen LogP contribution is 2.62. The van der Waals surface area contributed by atoms with E-state index in [0.29, 0.717) is 18.8 Å². The molecule has 1 aliphatic carbocycles. The number of amides is 3. The Hall–Kier alpha value is -4.27. The fourth-order valence-corrected chi connectivity index (χ4v) is 5.58. The Morgan fingerprint density at radius 1 is 1.20 bits per heavy atom. The van der Waals surface area contributed by atoms with Crippen molar-refractivity contribution in [1.29, 1.82) is 5.26 Å². The summed E-state index contributed by atoms with van der Waals surface area (Å²) >= 11 is 0. The van der Waals surface area contributed by atoms with Crippen LogP contribution in [-0.4, -0.2) is 65.9 Å². The van der Waals surface area contributed by atoms with Gasteiger partial charge in [-0.1, -0.05) is 6.07 Å². The lowest BCUT2D eigenvalue weighted by Crippen LogP contribution is -2.39. The first-order chi connectivity index (χ1) is 18.8. The van der Waals surface area contributed by atoms with E-state index in [2.05, 4.69) is 16.4 Å². The number of hydrogen-bond donors (Lipinski definition) is 1. The molecule has 3 fully saturated rings. The summed E-state index contributed by atoms with van der Waals surface area (Å²) in [5, 5.41) is 12.6. The van der Waals surface area contributed by atoms with Gasteiger partial charge < -0.3 is 19.7 Å². The number of carbonyl (C=O) groups is 3. The number of likely N-dealkylation sites (tertiary alicyclic amines) is 1. The zero-order valence-corrected chi connectivity index (χ0v) is 22.5. The molecule has 0 unspecified atom stereocenters. The molecule has 2 saturated heterocycles. The molecule has 0 spiro atoms. The Morgan fingerprint density at radius 2 is 1.85 bits per heavy atom. The van der Waals surface area contributed by atoms with Crippen molar-refractivity contribution in [3.05, 3.63) is 47.8 Å². The lowest BCUT2D eigenvalue weighted by atomic mass is 9.95. The maximum Gasteiger partial charge on any atom is 0.414 e. The number of fused-ring (bicyclic) bond motifs is 1. The molecule has 5 rings (SSSR count). The van der Waals surface area contributed by atoms with E-state index in [1.165, 1.54) is 19.2 Å². The molecule has 2 aliphatic heterocycles. The zero-order chi connectivity index (χ0) is 29.0. The van der Waals surface area contributed by atoms with Gasteiger partial charge in [0, 0.05) is 43.6 Å². The molecule has 210 valence electrons. The number of benzene rings is 1. The van der Waals surface area contributed by atoms with Crippen molar-refractivity contribution in [2.75, 3.05) is 31.1 Å². The van der Waals surface area contributed by atoms with E-state index in [1.54, 1.807) is 31.7 Å². The summed E-state index contributed by atoms with van der Waals surface area (Å²) in [4.78, 5) is 42.9. The fraction of sp³-hybridized carbons (Fsp3) is 0.464. The average molecular weight is 554 g/mol. The third-order valence-electron chi connectivity index (χ3n) is 7.48. The molecule has 3 aliphatic rings. The van der Waals surface area contributed by atoms with Crippen LogP contribution in [0, 0.1) is 34.8 Å². The summed E-state index contributed by atoms with van der Waals surface area (Å²) in [7, 11) is 0. The van der Waals surface area contributed by atoms with E-state index >= 15 is 8.78 Å². The molecule has 0 bridgehead atoms. The maximum absolute atomic E-state index is 15.2. The molecule has 3 amide bonds. The van der Waals surface area contributed by atoms with Crippen LogP contribution in [-0.2, 0) is 19.7 Å². The third kappa shape index (κ3) is 4.80. The number of rotatable bonds is 5. The van der Waals surface area contributed by atoms with Gasteiger partial charge in [0.15, 0.2) is 0 Å². The zero-order valence-electron chi connectivity index (χ0n) is 22.5. The highest BCUT2D eigenvalue weighted by atomic mass is 19.1. The Labute approximate surface area is 229 Å². The number of nitriles is 1. The normalized spacial score (nSPS) is 25.2. The summed E-state index contributed by atoms with van der Waals surface area (Å²) in [5.41, 5.74) is -1.16. The van der Waals surface area contributed by atoms with Crippen LogP contribution in [0.4, 0.5) is 24.1 Å². The van der Waals surface area contributed by atoms with Gasteiger partial charge in [0.1, 0.15) is 28.8 Å². The highest BCUT2D eigenvalue weighted by molar-refractivity contribution is 5.90. The molecule has 1 N–H and O–H groups in total. The maximum atomic E-state index is 15.2. The first-order valence-corrected chi connectivity index (χ1v) is 12.9. The van der Waals surface area contributed by atoms with Gasteiger partial charge in [0.25, 0.3) is 0 Å². The van der Waals surface area contributed by atoms with Crippen LogP contribution in [0.2, 0.25) is 0 Å². The quantitative estimate of drug-likeness (QED) is 0.598. The number of halogens is 2. The number of pyridine rings is 1. The number of cyclic esters (lactones) is 1. The Morgan fingerprint density at radius 3 is 2.38 bits per heavy atom. The summed E-state index contributed by atoms with van der Waals surface area (Å²) in [6.07, 6.45) is -0.516. The highest BCUT2D eigenvalue weighted by Gasteiger charge is 2.71. The second-order valence-corrected chi connectivity index (χ2v) is 11.3. The Kier molecular flexibility index (Phi) is 6.64. The number of hydrogen-bond acceptors (Lipinski definition) is 7. The number of piperidine rings is 1. The van der Waals surface area contributed by atoms with E-state index in [-0.39, 0.29) is 47.6 Å². The molecule has 3 heterocycles. The van der Waals surface area contributed by atoms with E-state index in [0.717, 1.165) is 17.0 Å². The van der Waals surface area contributed by atoms with Crippen LogP contribution in [0.15, 0.2) is 30.5 Å². The number of ether oxygens (including phenoxy) is 2. The monoisotopic (exact) mass is 553 g/mol. The molecular formula is C28H29F2N5O5. The van der Waals surface area contributed by atoms with Crippen molar-refractivity contribution in [2.24, 2.45) is 11.8 Å². The molecule has 12 heteroatoms. The van der Waals surface area contributed by atoms with Crippen LogP contribution >= 0.6 is 0 Å². The minimum absolute atomic E-state index is 0.0116. The van der Waals surface area contributed by atoms with Gasteiger partial charge in [-0.05, 0) is 39.0 Å². The van der Waals surface area contributed by atoms with Gasteiger partial charge in [-0.2, -0.15) is 5.26 Å². The summed E-state index contributed by atoms with van der Waals surface area (Å²) in [6, 6.07) is 7.55. The minimum atomic E-state index is -0.894. The molecule has 10 nitrogen and oxygen atoms in total. The molecule has 1 saturated carbocycles. The van der Waals surface area contributed by atoms with Crippen LogP contribution in [0.3, 0.4) is 0 Å². The predicted octanol–water partition coefficient (Wildman–Crippen LogP) is 3.75. The van der Waals surface area contributed by atoms with Crippen LogP contribution in [0.25, 0.3) is 11.1 Å². The fourth-order valence-electron chi connectivity index (χ4n) is 5.58. The standard InChI is InChI=1S/C28H29F2N5O5/c1-15(36)32-10-18-11-35(26(38)39-18)17-7-21(29)24(22(30)8-17)16-5-6-23(33-9-16)28(14-31)19-12-34(13-20(19)28)25(37)40-27(2,3)4/h5-9,18-20H,10-13H2,1-4H3,(H,32,36)/t18-,19-,20+,28+/m0/s1. The molecule has 1 aromatic carbocycles. The molecular weight excluding hydrogens is 524 g/mol. The van der Waals surface area contributed by atoms with Crippen molar-refractivity contribution in [3.63, 3.8) is 0 Å². The second kappa shape index (κ2) is 9.73. The lowest BCUT2D eigenvalue weighted by Gasteiger charge is -2.27. The molecule has 0 radical (unpaired) electrons. The summed E-state index contributed by atoms with van der Waals surface area (Å²) in [6.45, 7) is 7.54. The first-order valence-electron chi connectivity index (χ1n) is 12.9. The van der Waals surface area contributed by atoms with Gasteiger partial charge in [-0.3, -0.25) is 14.7 Å². The largest absolute Gasteiger partial charge is 0.444 e. The molecule has 4 atom stereocenters. The van der Waals surface area contributed by atoms with E-state index in [4.69, 9.17) is 9.47 Å². The van der Waals surface area contributed by atoms with E-state index in [1.807, 2.05) is 0 Å². The second-order valence-electron chi connectivity index (χ2n) is 11.3. The van der Waals surface area contributed by atoms with E-state index in [9.17, 15) is 19.6 Å². The SMILES string of the molecule is CC(=O)NC[C@H]1CN(c2cc(F)c(-c3ccc([C@@]4(C#N)[C@@H]5CN(C(=O)OC(C)(C)C)C[C@@H]54)nc3)c(F)c2)C(=O)O1. The van der Waals surface area contributed by atoms with Crippen molar-refractivity contribution < 1.29 is 32.6 Å². The van der Waals surface area contributed by atoms with Crippen LogP contribution < -0.4 is 10.2 Å². The van der Waals surface area contributed by atoms with Crippen molar-refractivity contribution in [2.45, 2.75) is 44.8 Å². The first kappa shape index (κ1) is 27.3.